The molecule has 2 aromatic carbocycles. The van der Waals surface area contributed by atoms with Crippen LogP contribution in [0.3, 0.4) is 0 Å². The van der Waals surface area contributed by atoms with Crippen molar-refractivity contribution < 1.29 is 19.1 Å². The Morgan fingerprint density at radius 3 is 2.11 bits per heavy atom. The van der Waals surface area contributed by atoms with Gasteiger partial charge in [-0.1, -0.05) is 30.3 Å². The van der Waals surface area contributed by atoms with E-state index in [1.807, 2.05) is 18.2 Å². The van der Waals surface area contributed by atoms with Gasteiger partial charge in [-0.3, -0.25) is 14.4 Å². The number of hydrogen-bond donors (Lipinski definition) is 1. The van der Waals surface area contributed by atoms with Gasteiger partial charge >= 0.3 is 11.8 Å². The molecular weight excluding hydrogens is 346 g/mol. The molecule has 27 heavy (non-hydrogen) atoms. The molecule has 0 radical (unpaired) electrons. The van der Waals surface area contributed by atoms with Gasteiger partial charge in [0, 0.05) is 33.1 Å². The number of carbonyl (C=O) groups excluding carboxylic acids is 3. The predicted octanol–water partition coefficient (Wildman–Crippen LogP) is 2.11. The minimum Gasteiger partial charge on any atom is -0.455 e. The van der Waals surface area contributed by atoms with Crippen LogP contribution < -0.4 is 10.1 Å². The largest absolute Gasteiger partial charge is 0.455 e. The van der Waals surface area contributed by atoms with E-state index >= 15 is 0 Å². The maximum Gasteiger partial charge on any atom is 0.314 e. The van der Waals surface area contributed by atoms with Crippen LogP contribution in [0.5, 0.6) is 11.5 Å². The Labute approximate surface area is 157 Å². The van der Waals surface area contributed by atoms with Gasteiger partial charge in [-0.2, -0.15) is 0 Å². The fraction of sp³-hybridized carbons (Fsp3) is 0.250. The highest BCUT2D eigenvalue weighted by atomic mass is 16.5. The van der Waals surface area contributed by atoms with E-state index in [4.69, 9.17) is 4.74 Å². The standard InChI is InChI=1S/C20H21N3O4/c1-15(24)22-11-13-23(14-12-22)20(26)19(25)21-17-9-5-6-10-18(17)27-16-7-3-2-4-8-16/h2-10H,11-14H2,1H3,(H,21,25). The number of nitrogens with one attached hydrogen (secondary N) is 1. The fourth-order valence-corrected chi connectivity index (χ4v) is 2.82. The van der Waals surface area contributed by atoms with Crippen LogP contribution in [-0.4, -0.2) is 53.7 Å². The molecule has 0 spiro atoms. The number of anilines is 1. The third-order valence-corrected chi connectivity index (χ3v) is 4.31. The third kappa shape index (κ3) is 4.63. The average Bonchev–Trinajstić information content (AvgIpc) is 2.69. The van der Waals surface area contributed by atoms with Crippen LogP contribution >= 0.6 is 0 Å². The van der Waals surface area contributed by atoms with E-state index in [1.54, 1.807) is 41.3 Å². The van der Waals surface area contributed by atoms with Crippen molar-refractivity contribution in [1.29, 1.82) is 0 Å². The molecule has 1 aliphatic heterocycles. The van der Waals surface area contributed by atoms with Gasteiger partial charge < -0.3 is 19.9 Å². The highest BCUT2D eigenvalue weighted by molar-refractivity contribution is 6.39. The first-order valence-corrected chi connectivity index (χ1v) is 8.72. The summed E-state index contributed by atoms with van der Waals surface area (Å²) in [6, 6.07) is 16.1. The monoisotopic (exact) mass is 367 g/mol. The van der Waals surface area contributed by atoms with Gasteiger partial charge in [0.2, 0.25) is 5.91 Å². The lowest BCUT2D eigenvalue weighted by Gasteiger charge is -2.33. The number of benzene rings is 2. The van der Waals surface area contributed by atoms with E-state index < -0.39 is 11.8 Å². The van der Waals surface area contributed by atoms with Crippen molar-refractivity contribution in [2.45, 2.75) is 6.92 Å². The lowest BCUT2D eigenvalue weighted by Crippen LogP contribution is -2.52. The van der Waals surface area contributed by atoms with Crippen molar-refractivity contribution in [3.05, 3.63) is 54.6 Å². The van der Waals surface area contributed by atoms with Crippen LogP contribution in [0.4, 0.5) is 5.69 Å². The zero-order valence-electron chi connectivity index (χ0n) is 15.1. The van der Waals surface area contributed by atoms with Crippen molar-refractivity contribution in [3.8, 4) is 11.5 Å². The molecule has 0 atom stereocenters. The van der Waals surface area contributed by atoms with Gasteiger partial charge in [0.05, 0.1) is 5.69 Å². The number of piperazine rings is 1. The second-order valence-electron chi connectivity index (χ2n) is 6.16. The molecule has 3 amide bonds. The summed E-state index contributed by atoms with van der Waals surface area (Å²) in [5.74, 6) is -0.293. The molecule has 2 aromatic rings. The van der Waals surface area contributed by atoms with E-state index in [2.05, 4.69) is 5.32 Å². The number of nitrogens with zero attached hydrogens (tertiary/aromatic N) is 2. The maximum atomic E-state index is 12.4. The molecule has 7 heteroatoms. The number of rotatable bonds is 3. The summed E-state index contributed by atoms with van der Waals surface area (Å²) in [4.78, 5) is 39.3. The molecule has 0 saturated carbocycles. The van der Waals surface area contributed by atoms with Crippen LogP contribution in [0.15, 0.2) is 54.6 Å². The van der Waals surface area contributed by atoms with Gasteiger partial charge in [-0.15, -0.1) is 0 Å². The number of carbonyl (C=O) groups is 3. The summed E-state index contributed by atoms with van der Waals surface area (Å²) in [6.07, 6.45) is 0. The molecule has 0 aliphatic carbocycles. The number of para-hydroxylation sites is 3. The zero-order valence-corrected chi connectivity index (χ0v) is 15.1. The number of hydrogen-bond acceptors (Lipinski definition) is 4. The summed E-state index contributed by atoms with van der Waals surface area (Å²) >= 11 is 0. The Kier molecular flexibility index (Phi) is 5.71. The molecule has 1 aliphatic rings. The van der Waals surface area contributed by atoms with Crippen molar-refractivity contribution >= 4 is 23.4 Å². The van der Waals surface area contributed by atoms with E-state index in [9.17, 15) is 14.4 Å². The minimum atomic E-state index is -0.726. The lowest BCUT2D eigenvalue weighted by atomic mass is 10.2. The van der Waals surface area contributed by atoms with Crippen LogP contribution in [0.25, 0.3) is 0 Å². The Hall–Kier alpha value is -3.35. The summed E-state index contributed by atoms with van der Waals surface area (Å²) in [5, 5.41) is 2.63. The zero-order chi connectivity index (χ0) is 19.2. The summed E-state index contributed by atoms with van der Waals surface area (Å²) < 4.78 is 5.79. The van der Waals surface area contributed by atoms with Gasteiger partial charge in [0.15, 0.2) is 5.75 Å². The molecule has 140 valence electrons. The van der Waals surface area contributed by atoms with Crippen molar-refractivity contribution in [1.82, 2.24) is 9.80 Å². The SMILES string of the molecule is CC(=O)N1CCN(C(=O)C(=O)Nc2ccccc2Oc2ccccc2)CC1. The minimum absolute atomic E-state index is 0.0291. The van der Waals surface area contributed by atoms with Crippen molar-refractivity contribution in [3.63, 3.8) is 0 Å². The predicted molar refractivity (Wildman–Crippen MR) is 100 cm³/mol. The Morgan fingerprint density at radius 1 is 0.852 bits per heavy atom. The second kappa shape index (κ2) is 8.35. The quantitative estimate of drug-likeness (QED) is 0.843. The number of ether oxygens (including phenoxy) is 1. The Balaban J connectivity index is 1.64. The van der Waals surface area contributed by atoms with E-state index in [0.29, 0.717) is 43.4 Å². The van der Waals surface area contributed by atoms with E-state index in [0.717, 1.165) is 0 Å². The smallest absolute Gasteiger partial charge is 0.314 e. The first-order valence-electron chi connectivity index (χ1n) is 8.72. The maximum absolute atomic E-state index is 12.4. The lowest BCUT2D eigenvalue weighted by molar-refractivity contribution is -0.145. The molecule has 0 unspecified atom stereocenters. The van der Waals surface area contributed by atoms with Crippen LogP contribution in [0, 0.1) is 0 Å². The van der Waals surface area contributed by atoms with Crippen molar-refractivity contribution in [2.75, 3.05) is 31.5 Å². The van der Waals surface area contributed by atoms with Gasteiger partial charge in [0.25, 0.3) is 0 Å². The van der Waals surface area contributed by atoms with Crippen molar-refractivity contribution in [2.24, 2.45) is 0 Å². The van der Waals surface area contributed by atoms with Crippen LogP contribution in [-0.2, 0) is 14.4 Å². The normalized spacial score (nSPS) is 13.8. The molecule has 0 bridgehead atoms. The fourth-order valence-electron chi connectivity index (χ4n) is 2.82. The van der Waals surface area contributed by atoms with E-state index in [-0.39, 0.29) is 5.91 Å². The molecular formula is C20H21N3O4. The third-order valence-electron chi connectivity index (χ3n) is 4.31. The topological polar surface area (TPSA) is 79.0 Å². The highest BCUT2D eigenvalue weighted by Gasteiger charge is 2.27. The summed E-state index contributed by atoms with van der Waals surface area (Å²) in [5.41, 5.74) is 0.419. The summed E-state index contributed by atoms with van der Waals surface area (Å²) in [7, 11) is 0. The average molecular weight is 367 g/mol. The molecule has 0 aromatic heterocycles. The molecule has 1 N–H and O–H groups in total. The first kappa shape index (κ1) is 18.4. The van der Waals surface area contributed by atoms with E-state index in [1.165, 1.54) is 11.8 Å². The molecule has 1 saturated heterocycles. The molecule has 1 fully saturated rings. The Morgan fingerprint density at radius 2 is 1.44 bits per heavy atom. The molecule has 3 rings (SSSR count). The molecule has 1 heterocycles. The summed E-state index contributed by atoms with van der Waals surface area (Å²) in [6.45, 7) is 3.04. The second-order valence-corrected chi connectivity index (χ2v) is 6.16. The number of amides is 3. The molecule has 7 nitrogen and oxygen atoms in total. The van der Waals surface area contributed by atoms with Crippen LogP contribution in [0.2, 0.25) is 0 Å². The highest BCUT2D eigenvalue weighted by Crippen LogP contribution is 2.29. The Bertz CT molecular complexity index is 830. The van der Waals surface area contributed by atoms with Gasteiger partial charge in [-0.25, -0.2) is 0 Å². The van der Waals surface area contributed by atoms with Gasteiger partial charge in [0.1, 0.15) is 5.75 Å². The first-order chi connectivity index (χ1) is 13.0. The van der Waals surface area contributed by atoms with Crippen LogP contribution in [0.1, 0.15) is 6.92 Å². The van der Waals surface area contributed by atoms with Gasteiger partial charge in [-0.05, 0) is 24.3 Å².